The van der Waals surface area contributed by atoms with Gasteiger partial charge in [0.2, 0.25) is 0 Å². The minimum atomic E-state index is 0.318. The van der Waals surface area contributed by atoms with Crippen molar-refractivity contribution in [2.75, 3.05) is 6.54 Å². The average molecular weight is 279 g/mol. The second-order valence-electron chi connectivity index (χ2n) is 5.43. The standard InChI is InChI=1S/C20H25N/c1-3-16-21-17(2)14-15-20(18-10-6-4-7-11-18)19-12-8-5-9-13-19/h4-15,17,20-21H,3,16H2,1-2H3/b15-14+. The molecule has 1 unspecified atom stereocenters. The summed E-state index contributed by atoms with van der Waals surface area (Å²) in [5.41, 5.74) is 2.67. The summed E-state index contributed by atoms with van der Waals surface area (Å²) < 4.78 is 0. The van der Waals surface area contributed by atoms with E-state index >= 15 is 0 Å². The van der Waals surface area contributed by atoms with Crippen molar-refractivity contribution in [1.29, 1.82) is 0 Å². The van der Waals surface area contributed by atoms with Crippen LogP contribution in [-0.4, -0.2) is 12.6 Å². The molecule has 0 saturated carbocycles. The molecule has 0 aliphatic carbocycles. The Balaban J connectivity index is 2.19. The molecule has 0 bridgehead atoms. The van der Waals surface area contributed by atoms with E-state index in [1.165, 1.54) is 17.5 Å². The van der Waals surface area contributed by atoms with Crippen molar-refractivity contribution in [2.45, 2.75) is 32.2 Å². The molecule has 0 aliphatic rings. The maximum atomic E-state index is 3.50. The van der Waals surface area contributed by atoms with Gasteiger partial charge in [-0.3, -0.25) is 0 Å². The molecule has 0 spiro atoms. The number of hydrogen-bond acceptors (Lipinski definition) is 1. The summed E-state index contributed by atoms with van der Waals surface area (Å²) in [6.45, 7) is 5.46. The van der Waals surface area contributed by atoms with Crippen LogP contribution in [0.5, 0.6) is 0 Å². The largest absolute Gasteiger partial charge is 0.311 e. The first-order chi connectivity index (χ1) is 10.3. The number of benzene rings is 2. The third-order valence-corrected chi connectivity index (χ3v) is 3.63. The summed E-state index contributed by atoms with van der Waals surface area (Å²) in [7, 11) is 0. The number of allylic oxidation sites excluding steroid dienone is 1. The Bertz CT molecular complexity index is 491. The lowest BCUT2D eigenvalue weighted by atomic mass is 9.90. The third-order valence-electron chi connectivity index (χ3n) is 3.63. The average Bonchev–Trinajstić information content (AvgIpc) is 2.55. The van der Waals surface area contributed by atoms with Crippen molar-refractivity contribution in [3.63, 3.8) is 0 Å². The quantitative estimate of drug-likeness (QED) is 0.720. The summed E-state index contributed by atoms with van der Waals surface area (Å²) in [4.78, 5) is 0. The van der Waals surface area contributed by atoms with Gasteiger partial charge in [-0.1, -0.05) is 79.7 Å². The van der Waals surface area contributed by atoms with E-state index in [1.807, 2.05) is 0 Å². The lowest BCUT2D eigenvalue weighted by molar-refractivity contribution is 0.622. The van der Waals surface area contributed by atoms with Crippen molar-refractivity contribution < 1.29 is 0 Å². The summed E-state index contributed by atoms with van der Waals surface area (Å²) in [5, 5.41) is 3.50. The van der Waals surface area contributed by atoms with Crippen LogP contribution >= 0.6 is 0 Å². The molecule has 0 heterocycles. The second kappa shape index (κ2) is 8.43. The van der Waals surface area contributed by atoms with Gasteiger partial charge in [-0.25, -0.2) is 0 Å². The van der Waals surface area contributed by atoms with Gasteiger partial charge in [0.1, 0.15) is 0 Å². The van der Waals surface area contributed by atoms with E-state index in [9.17, 15) is 0 Å². The van der Waals surface area contributed by atoms with Crippen LogP contribution in [0.4, 0.5) is 0 Å². The highest BCUT2D eigenvalue weighted by Crippen LogP contribution is 2.25. The Morgan fingerprint density at radius 1 is 0.857 bits per heavy atom. The highest BCUT2D eigenvalue weighted by molar-refractivity contribution is 5.36. The van der Waals surface area contributed by atoms with E-state index in [-0.39, 0.29) is 0 Å². The van der Waals surface area contributed by atoms with Gasteiger partial charge < -0.3 is 5.32 Å². The fourth-order valence-corrected chi connectivity index (χ4v) is 2.45. The molecule has 0 amide bonds. The molecule has 2 aromatic carbocycles. The van der Waals surface area contributed by atoms with E-state index in [0.29, 0.717) is 12.0 Å². The first kappa shape index (κ1) is 15.5. The predicted octanol–water partition coefficient (Wildman–Crippen LogP) is 4.76. The summed E-state index contributed by atoms with van der Waals surface area (Å²) in [6.07, 6.45) is 5.76. The van der Waals surface area contributed by atoms with Crippen LogP contribution in [0.2, 0.25) is 0 Å². The lowest BCUT2D eigenvalue weighted by Gasteiger charge is -2.15. The van der Waals surface area contributed by atoms with E-state index in [1.54, 1.807) is 0 Å². The number of nitrogens with one attached hydrogen (secondary N) is 1. The highest BCUT2D eigenvalue weighted by Gasteiger charge is 2.10. The SMILES string of the molecule is CCCNC(C)/C=C/C(c1ccccc1)c1ccccc1. The molecule has 0 aromatic heterocycles. The molecule has 1 atom stereocenters. The summed E-state index contributed by atoms with van der Waals surface area (Å²) in [6, 6.07) is 21.8. The molecule has 2 rings (SSSR count). The molecular formula is C20H25N. The van der Waals surface area contributed by atoms with Crippen LogP contribution < -0.4 is 5.32 Å². The van der Waals surface area contributed by atoms with Crippen LogP contribution in [0.1, 0.15) is 37.3 Å². The van der Waals surface area contributed by atoms with Crippen LogP contribution in [0.25, 0.3) is 0 Å². The van der Waals surface area contributed by atoms with Crippen molar-refractivity contribution in [1.82, 2.24) is 5.32 Å². The number of hydrogen-bond donors (Lipinski definition) is 1. The molecule has 0 saturated heterocycles. The number of rotatable bonds is 7. The first-order valence-electron chi connectivity index (χ1n) is 7.83. The van der Waals surface area contributed by atoms with Gasteiger partial charge in [0.05, 0.1) is 0 Å². The first-order valence-corrected chi connectivity index (χ1v) is 7.83. The van der Waals surface area contributed by atoms with Crippen molar-refractivity contribution in [3.8, 4) is 0 Å². The third kappa shape index (κ3) is 4.87. The van der Waals surface area contributed by atoms with E-state index < -0.39 is 0 Å². The molecule has 110 valence electrons. The monoisotopic (exact) mass is 279 g/mol. The van der Waals surface area contributed by atoms with Crippen molar-refractivity contribution >= 4 is 0 Å². The fourth-order valence-electron chi connectivity index (χ4n) is 2.45. The Labute approximate surface area is 128 Å². The van der Waals surface area contributed by atoms with Gasteiger partial charge >= 0.3 is 0 Å². The topological polar surface area (TPSA) is 12.0 Å². The zero-order valence-electron chi connectivity index (χ0n) is 13.0. The Hall–Kier alpha value is -1.86. The van der Waals surface area contributed by atoms with E-state index in [4.69, 9.17) is 0 Å². The van der Waals surface area contributed by atoms with Gasteiger partial charge in [-0.05, 0) is 31.0 Å². The van der Waals surface area contributed by atoms with Crippen LogP contribution in [0, 0.1) is 0 Å². The van der Waals surface area contributed by atoms with Gasteiger partial charge in [0.25, 0.3) is 0 Å². The molecule has 0 radical (unpaired) electrons. The zero-order chi connectivity index (χ0) is 14.9. The maximum absolute atomic E-state index is 3.50. The Morgan fingerprint density at radius 2 is 1.38 bits per heavy atom. The fraction of sp³-hybridized carbons (Fsp3) is 0.300. The highest BCUT2D eigenvalue weighted by atomic mass is 14.9. The van der Waals surface area contributed by atoms with Crippen LogP contribution in [-0.2, 0) is 0 Å². The summed E-state index contributed by atoms with van der Waals surface area (Å²) >= 11 is 0. The Kier molecular flexibility index (Phi) is 6.23. The molecular weight excluding hydrogens is 254 g/mol. The van der Waals surface area contributed by atoms with Gasteiger partial charge in [-0.15, -0.1) is 0 Å². The van der Waals surface area contributed by atoms with Gasteiger partial charge in [0.15, 0.2) is 0 Å². The molecule has 0 fully saturated rings. The van der Waals surface area contributed by atoms with Crippen LogP contribution in [0.15, 0.2) is 72.8 Å². The van der Waals surface area contributed by atoms with Gasteiger partial charge in [-0.2, -0.15) is 0 Å². The predicted molar refractivity (Wildman–Crippen MR) is 91.6 cm³/mol. The second-order valence-corrected chi connectivity index (χ2v) is 5.43. The molecule has 1 heteroatoms. The zero-order valence-corrected chi connectivity index (χ0v) is 13.0. The molecule has 0 aliphatic heterocycles. The lowest BCUT2D eigenvalue weighted by Crippen LogP contribution is -2.24. The van der Waals surface area contributed by atoms with Crippen molar-refractivity contribution in [2.24, 2.45) is 0 Å². The smallest absolute Gasteiger partial charge is 0.0270 e. The molecule has 1 N–H and O–H groups in total. The minimum Gasteiger partial charge on any atom is -0.311 e. The molecule has 1 nitrogen and oxygen atoms in total. The summed E-state index contributed by atoms with van der Waals surface area (Å²) in [5.74, 6) is 0.318. The molecule has 21 heavy (non-hydrogen) atoms. The maximum Gasteiger partial charge on any atom is 0.0270 e. The van der Waals surface area contributed by atoms with E-state index in [2.05, 4.69) is 92.0 Å². The molecule has 2 aromatic rings. The van der Waals surface area contributed by atoms with Crippen LogP contribution in [0.3, 0.4) is 0 Å². The van der Waals surface area contributed by atoms with Gasteiger partial charge in [0, 0.05) is 12.0 Å². The van der Waals surface area contributed by atoms with Crippen molar-refractivity contribution in [3.05, 3.63) is 83.9 Å². The van der Waals surface area contributed by atoms with E-state index in [0.717, 1.165) is 6.54 Å². The normalized spacial score (nSPS) is 12.9. The Morgan fingerprint density at radius 3 is 1.86 bits per heavy atom. The minimum absolute atomic E-state index is 0.318.